The maximum absolute atomic E-state index is 12.0. The van der Waals surface area contributed by atoms with Crippen molar-refractivity contribution in [2.45, 2.75) is 6.92 Å². The molecule has 0 aliphatic carbocycles. The van der Waals surface area contributed by atoms with Gasteiger partial charge in [-0.15, -0.1) is 0 Å². The highest BCUT2D eigenvalue weighted by Crippen LogP contribution is 2.19. The molecule has 2 heteroatoms. The molecule has 0 amide bonds. The minimum absolute atomic E-state index is 0.0214. The molecule has 0 aromatic heterocycles. The van der Waals surface area contributed by atoms with Crippen molar-refractivity contribution in [3.8, 4) is 5.75 Å². The molecule has 1 N–H and O–H groups in total. The van der Waals surface area contributed by atoms with Crippen molar-refractivity contribution in [2.24, 2.45) is 0 Å². The largest absolute Gasteiger partial charge is 0.507 e. The number of hydrogen-bond acceptors (Lipinski definition) is 2. The van der Waals surface area contributed by atoms with Crippen LogP contribution in [-0.2, 0) is 0 Å². The van der Waals surface area contributed by atoms with Gasteiger partial charge in [0.15, 0.2) is 5.78 Å². The second kappa shape index (κ2) is 4.19. The van der Waals surface area contributed by atoms with E-state index in [1.165, 1.54) is 6.07 Å². The van der Waals surface area contributed by atoms with Crippen molar-refractivity contribution in [2.75, 3.05) is 0 Å². The number of aryl methyl sites for hydroxylation is 1. The van der Waals surface area contributed by atoms with E-state index in [9.17, 15) is 9.90 Å². The van der Waals surface area contributed by atoms with Crippen LogP contribution < -0.4 is 0 Å². The number of phenols is 1. The van der Waals surface area contributed by atoms with Gasteiger partial charge in [0.1, 0.15) is 5.75 Å². The lowest BCUT2D eigenvalue weighted by Crippen LogP contribution is -2.01. The lowest BCUT2D eigenvalue weighted by atomic mass is 10.0. The van der Waals surface area contributed by atoms with Crippen LogP contribution >= 0.6 is 0 Å². The van der Waals surface area contributed by atoms with Crippen molar-refractivity contribution in [3.63, 3.8) is 0 Å². The Labute approximate surface area is 94.2 Å². The summed E-state index contributed by atoms with van der Waals surface area (Å²) in [6, 6.07) is 13.9. The Hall–Kier alpha value is -2.09. The van der Waals surface area contributed by atoms with E-state index in [1.807, 2.05) is 19.1 Å². The number of ketones is 1. The second-order valence-electron chi connectivity index (χ2n) is 3.71. The van der Waals surface area contributed by atoms with Crippen LogP contribution in [0, 0.1) is 6.92 Å². The predicted molar refractivity (Wildman–Crippen MR) is 62.7 cm³/mol. The first-order valence-corrected chi connectivity index (χ1v) is 5.08. The fourth-order valence-electron chi connectivity index (χ4n) is 1.53. The Balaban J connectivity index is 2.40. The van der Waals surface area contributed by atoms with Crippen LogP contribution in [0.25, 0.3) is 0 Å². The van der Waals surface area contributed by atoms with Gasteiger partial charge in [-0.1, -0.05) is 42.0 Å². The van der Waals surface area contributed by atoms with Gasteiger partial charge >= 0.3 is 0 Å². The molecule has 2 rings (SSSR count). The average molecular weight is 212 g/mol. The number of carbonyl (C=O) groups is 1. The van der Waals surface area contributed by atoms with E-state index < -0.39 is 0 Å². The van der Waals surface area contributed by atoms with E-state index in [0.717, 1.165) is 5.56 Å². The first-order chi connectivity index (χ1) is 7.68. The zero-order chi connectivity index (χ0) is 11.5. The Morgan fingerprint density at radius 3 is 2.25 bits per heavy atom. The predicted octanol–water partition coefficient (Wildman–Crippen LogP) is 2.93. The molecule has 0 aliphatic rings. The summed E-state index contributed by atoms with van der Waals surface area (Å²) in [6.45, 7) is 1.97. The third kappa shape index (κ3) is 1.96. The molecule has 0 aliphatic heterocycles. The molecular weight excluding hydrogens is 200 g/mol. The quantitative estimate of drug-likeness (QED) is 0.777. The summed E-state index contributed by atoms with van der Waals surface area (Å²) in [5, 5.41) is 9.58. The first kappa shape index (κ1) is 10.4. The van der Waals surface area contributed by atoms with Gasteiger partial charge in [0.05, 0.1) is 5.56 Å². The topological polar surface area (TPSA) is 37.3 Å². The average Bonchev–Trinajstić information content (AvgIpc) is 2.30. The molecule has 0 unspecified atom stereocenters. The van der Waals surface area contributed by atoms with E-state index in [-0.39, 0.29) is 11.5 Å². The van der Waals surface area contributed by atoms with Crippen molar-refractivity contribution < 1.29 is 9.90 Å². The zero-order valence-corrected chi connectivity index (χ0v) is 8.97. The third-order valence-electron chi connectivity index (χ3n) is 2.46. The van der Waals surface area contributed by atoms with E-state index >= 15 is 0 Å². The highest BCUT2D eigenvalue weighted by Gasteiger charge is 2.11. The van der Waals surface area contributed by atoms with Crippen LogP contribution in [0.5, 0.6) is 5.75 Å². The van der Waals surface area contributed by atoms with Gasteiger partial charge < -0.3 is 5.11 Å². The summed E-state index contributed by atoms with van der Waals surface area (Å²) < 4.78 is 0. The van der Waals surface area contributed by atoms with E-state index in [4.69, 9.17) is 0 Å². The van der Waals surface area contributed by atoms with Crippen LogP contribution in [0.4, 0.5) is 0 Å². The minimum Gasteiger partial charge on any atom is -0.507 e. The summed E-state index contributed by atoms with van der Waals surface area (Å²) in [4.78, 5) is 12.0. The molecular formula is C14H12O2. The summed E-state index contributed by atoms with van der Waals surface area (Å²) >= 11 is 0. The molecule has 0 spiro atoms. The maximum atomic E-state index is 12.0. The van der Waals surface area contributed by atoms with E-state index in [1.54, 1.807) is 30.3 Å². The van der Waals surface area contributed by atoms with Gasteiger partial charge in [-0.2, -0.15) is 0 Å². The van der Waals surface area contributed by atoms with E-state index in [2.05, 4.69) is 0 Å². The maximum Gasteiger partial charge on any atom is 0.196 e. The highest BCUT2D eigenvalue weighted by atomic mass is 16.3. The molecule has 0 saturated carbocycles. The van der Waals surface area contributed by atoms with Crippen LogP contribution in [0.1, 0.15) is 21.5 Å². The smallest absolute Gasteiger partial charge is 0.196 e. The Morgan fingerprint density at radius 1 is 1.00 bits per heavy atom. The molecule has 0 atom stereocenters. The number of benzene rings is 2. The molecule has 2 aromatic rings. The lowest BCUT2D eigenvalue weighted by Gasteiger charge is -2.03. The Bertz CT molecular complexity index is 513. The van der Waals surface area contributed by atoms with Gasteiger partial charge in [0, 0.05) is 5.56 Å². The normalized spacial score (nSPS) is 10.1. The van der Waals surface area contributed by atoms with Crippen molar-refractivity contribution >= 4 is 5.78 Å². The third-order valence-corrected chi connectivity index (χ3v) is 2.46. The van der Waals surface area contributed by atoms with Crippen molar-refractivity contribution in [1.82, 2.24) is 0 Å². The van der Waals surface area contributed by atoms with Gasteiger partial charge in [-0.3, -0.25) is 4.79 Å². The molecule has 0 heterocycles. The summed E-state index contributed by atoms with van der Waals surface area (Å²) in [7, 11) is 0. The van der Waals surface area contributed by atoms with Crippen molar-refractivity contribution in [1.29, 1.82) is 0 Å². The number of para-hydroxylation sites is 1. The fraction of sp³-hybridized carbons (Fsp3) is 0.0714. The monoisotopic (exact) mass is 212 g/mol. The summed E-state index contributed by atoms with van der Waals surface area (Å²) in [5.74, 6) is -0.133. The molecule has 2 nitrogen and oxygen atoms in total. The van der Waals surface area contributed by atoms with Crippen molar-refractivity contribution in [3.05, 3.63) is 65.2 Å². The zero-order valence-electron chi connectivity index (χ0n) is 8.97. The van der Waals surface area contributed by atoms with Gasteiger partial charge in [0.25, 0.3) is 0 Å². The van der Waals surface area contributed by atoms with Crippen LogP contribution in [0.3, 0.4) is 0 Å². The van der Waals surface area contributed by atoms with Gasteiger partial charge in [0.2, 0.25) is 0 Å². The molecule has 0 radical (unpaired) electrons. The van der Waals surface area contributed by atoms with Crippen LogP contribution in [-0.4, -0.2) is 10.9 Å². The number of phenolic OH excluding ortho intramolecular Hbond substituents is 1. The number of rotatable bonds is 2. The number of hydrogen-bond donors (Lipinski definition) is 1. The minimum atomic E-state index is -0.155. The molecule has 0 fully saturated rings. The van der Waals surface area contributed by atoms with E-state index in [0.29, 0.717) is 11.1 Å². The SMILES string of the molecule is Cc1ccc(C(=O)c2ccccc2O)cc1. The number of carbonyl (C=O) groups excluding carboxylic acids is 1. The summed E-state index contributed by atoms with van der Waals surface area (Å²) in [5.41, 5.74) is 2.03. The second-order valence-corrected chi connectivity index (χ2v) is 3.71. The summed E-state index contributed by atoms with van der Waals surface area (Å²) in [6.07, 6.45) is 0. The number of aromatic hydroxyl groups is 1. The standard InChI is InChI=1S/C14H12O2/c1-10-6-8-11(9-7-10)14(16)12-4-2-3-5-13(12)15/h2-9,15H,1H3. The first-order valence-electron chi connectivity index (χ1n) is 5.08. The van der Waals surface area contributed by atoms with Gasteiger partial charge in [-0.25, -0.2) is 0 Å². The lowest BCUT2D eigenvalue weighted by molar-refractivity contribution is 0.103. The van der Waals surface area contributed by atoms with Crippen LogP contribution in [0.15, 0.2) is 48.5 Å². The highest BCUT2D eigenvalue weighted by molar-refractivity contribution is 6.10. The Kier molecular flexibility index (Phi) is 2.73. The molecule has 0 bridgehead atoms. The Morgan fingerprint density at radius 2 is 1.62 bits per heavy atom. The molecule has 0 saturated heterocycles. The molecule has 80 valence electrons. The fourth-order valence-corrected chi connectivity index (χ4v) is 1.53. The molecule has 2 aromatic carbocycles. The molecule has 16 heavy (non-hydrogen) atoms. The van der Waals surface area contributed by atoms with Crippen LogP contribution in [0.2, 0.25) is 0 Å². The van der Waals surface area contributed by atoms with Gasteiger partial charge in [-0.05, 0) is 19.1 Å².